The lowest BCUT2D eigenvalue weighted by atomic mass is 9.87. The topological polar surface area (TPSA) is 12.0 Å². The van der Waals surface area contributed by atoms with Gasteiger partial charge >= 0.3 is 0 Å². The highest BCUT2D eigenvalue weighted by molar-refractivity contribution is 5.03. The lowest BCUT2D eigenvalue weighted by Crippen LogP contribution is -2.29. The molecule has 0 fully saturated rings. The molecule has 0 rings (SSSR count). The summed E-state index contributed by atoms with van der Waals surface area (Å²) in [5.74, 6) is 1.17. The van der Waals surface area contributed by atoms with Crippen molar-refractivity contribution < 1.29 is 0 Å². The molecule has 88 valence electrons. The highest BCUT2D eigenvalue weighted by Gasteiger charge is 2.15. The first-order chi connectivity index (χ1) is 6.88. The highest BCUT2D eigenvalue weighted by atomic mass is 14.9. The van der Waals surface area contributed by atoms with Crippen LogP contribution in [0.1, 0.15) is 47.5 Å². The maximum Gasteiger partial charge on any atom is 0.0260 e. The van der Waals surface area contributed by atoms with Crippen molar-refractivity contribution in [3.63, 3.8) is 0 Å². The van der Waals surface area contributed by atoms with Gasteiger partial charge in [-0.25, -0.2) is 0 Å². The first-order valence-corrected chi connectivity index (χ1v) is 5.99. The third-order valence-corrected chi connectivity index (χ3v) is 2.96. The molecule has 0 heterocycles. The fourth-order valence-corrected chi connectivity index (χ4v) is 1.82. The van der Waals surface area contributed by atoms with Crippen LogP contribution in [-0.4, -0.2) is 6.04 Å². The fraction of sp³-hybridized carbons (Fsp3) is 0.714. The standard InChI is InChI=1S/C14H27N/c1-8-14(15-11(4)5)9-12(6)13(7)10(2)3/h10,12,14-15H,4,7-9H2,1-3,5-6H3. The quantitative estimate of drug-likeness (QED) is 0.622. The van der Waals surface area contributed by atoms with Crippen LogP contribution in [-0.2, 0) is 0 Å². The Balaban J connectivity index is 4.17. The zero-order valence-electron chi connectivity index (χ0n) is 11.1. The molecule has 0 aromatic heterocycles. The van der Waals surface area contributed by atoms with E-state index in [9.17, 15) is 0 Å². The molecule has 1 heteroatoms. The third-order valence-electron chi connectivity index (χ3n) is 2.96. The van der Waals surface area contributed by atoms with Crippen LogP contribution in [0, 0.1) is 11.8 Å². The average molecular weight is 209 g/mol. The van der Waals surface area contributed by atoms with Gasteiger partial charge in [-0.2, -0.15) is 0 Å². The van der Waals surface area contributed by atoms with E-state index in [0.29, 0.717) is 17.9 Å². The van der Waals surface area contributed by atoms with Gasteiger partial charge in [0.05, 0.1) is 0 Å². The monoisotopic (exact) mass is 209 g/mol. The normalized spacial score (nSPS) is 14.8. The first kappa shape index (κ1) is 14.3. The maximum absolute atomic E-state index is 4.17. The van der Waals surface area contributed by atoms with E-state index in [0.717, 1.165) is 18.5 Å². The average Bonchev–Trinajstić information content (AvgIpc) is 2.14. The van der Waals surface area contributed by atoms with Gasteiger partial charge in [0.25, 0.3) is 0 Å². The summed E-state index contributed by atoms with van der Waals surface area (Å²) in [4.78, 5) is 0. The summed E-state index contributed by atoms with van der Waals surface area (Å²) in [7, 11) is 0. The Morgan fingerprint density at radius 3 is 2.07 bits per heavy atom. The third kappa shape index (κ3) is 5.66. The molecule has 0 radical (unpaired) electrons. The van der Waals surface area contributed by atoms with E-state index in [-0.39, 0.29) is 0 Å². The predicted molar refractivity (Wildman–Crippen MR) is 69.8 cm³/mol. The molecule has 0 aliphatic carbocycles. The van der Waals surface area contributed by atoms with Gasteiger partial charge in [0.1, 0.15) is 0 Å². The van der Waals surface area contributed by atoms with Crippen molar-refractivity contribution in [3.8, 4) is 0 Å². The molecule has 0 spiro atoms. The maximum atomic E-state index is 4.17. The lowest BCUT2D eigenvalue weighted by molar-refractivity contribution is 0.431. The Kier molecular flexibility index (Phi) is 6.38. The predicted octanol–water partition coefficient (Wildman–Crippen LogP) is 4.13. The van der Waals surface area contributed by atoms with E-state index in [1.807, 2.05) is 6.92 Å². The molecule has 0 amide bonds. The van der Waals surface area contributed by atoms with E-state index in [4.69, 9.17) is 0 Å². The molecular formula is C14H27N. The van der Waals surface area contributed by atoms with Crippen molar-refractivity contribution in [2.24, 2.45) is 11.8 Å². The van der Waals surface area contributed by atoms with E-state index < -0.39 is 0 Å². The van der Waals surface area contributed by atoms with Crippen molar-refractivity contribution >= 4 is 0 Å². The first-order valence-electron chi connectivity index (χ1n) is 5.99. The second kappa shape index (κ2) is 6.71. The summed E-state index contributed by atoms with van der Waals surface area (Å²) >= 11 is 0. The molecule has 1 nitrogen and oxygen atoms in total. The minimum absolute atomic E-state index is 0.535. The van der Waals surface area contributed by atoms with Crippen molar-refractivity contribution in [1.82, 2.24) is 5.32 Å². The molecule has 0 aromatic carbocycles. The van der Waals surface area contributed by atoms with Gasteiger partial charge in [-0.15, -0.1) is 0 Å². The Hall–Kier alpha value is -0.720. The van der Waals surface area contributed by atoms with Gasteiger partial charge in [-0.3, -0.25) is 0 Å². The van der Waals surface area contributed by atoms with E-state index in [1.54, 1.807) is 0 Å². The SMILES string of the molecule is C=C(C)NC(CC)CC(C)C(=C)C(C)C. The number of rotatable bonds is 7. The number of allylic oxidation sites excluding steroid dienone is 2. The van der Waals surface area contributed by atoms with Gasteiger partial charge in [0, 0.05) is 11.7 Å². The molecule has 0 saturated carbocycles. The van der Waals surface area contributed by atoms with Gasteiger partial charge in [0.15, 0.2) is 0 Å². The second-order valence-corrected chi connectivity index (χ2v) is 4.90. The van der Waals surface area contributed by atoms with Gasteiger partial charge in [-0.05, 0) is 31.6 Å². The number of hydrogen-bond donors (Lipinski definition) is 1. The Morgan fingerprint density at radius 2 is 1.73 bits per heavy atom. The molecule has 0 saturated heterocycles. The number of nitrogens with one attached hydrogen (secondary N) is 1. The molecule has 2 atom stereocenters. The minimum atomic E-state index is 0.535. The molecule has 0 aliphatic heterocycles. The highest BCUT2D eigenvalue weighted by Crippen LogP contribution is 2.22. The van der Waals surface area contributed by atoms with Crippen molar-refractivity contribution in [2.75, 3.05) is 0 Å². The summed E-state index contributed by atoms with van der Waals surface area (Å²) in [6.07, 6.45) is 2.29. The molecule has 15 heavy (non-hydrogen) atoms. The summed E-state index contributed by atoms with van der Waals surface area (Å²) in [6, 6.07) is 0.535. The van der Waals surface area contributed by atoms with Crippen molar-refractivity contribution in [3.05, 3.63) is 24.4 Å². The lowest BCUT2D eigenvalue weighted by Gasteiger charge is -2.25. The van der Waals surface area contributed by atoms with Gasteiger partial charge in [-0.1, -0.05) is 46.4 Å². The van der Waals surface area contributed by atoms with Crippen LogP contribution in [0.15, 0.2) is 24.4 Å². The minimum Gasteiger partial charge on any atom is -0.386 e. The van der Waals surface area contributed by atoms with Crippen LogP contribution < -0.4 is 5.32 Å². The van der Waals surface area contributed by atoms with Crippen LogP contribution in [0.5, 0.6) is 0 Å². The van der Waals surface area contributed by atoms with Crippen LogP contribution in [0.25, 0.3) is 0 Å². The van der Waals surface area contributed by atoms with E-state index >= 15 is 0 Å². The summed E-state index contributed by atoms with van der Waals surface area (Å²) in [6.45, 7) is 19.0. The summed E-state index contributed by atoms with van der Waals surface area (Å²) in [5.41, 5.74) is 2.42. The smallest absolute Gasteiger partial charge is 0.0260 e. The van der Waals surface area contributed by atoms with E-state index in [1.165, 1.54) is 5.57 Å². The van der Waals surface area contributed by atoms with Crippen LogP contribution in [0.4, 0.5) is 0 Å². The van der Waals surface area contributed by atoms with Crippen LogP contribution >= 0.6 is 0 Å². The zero-order valence-corrected chi connectivity index (χ0v) is 11.1. The molecule has 0 aromatic rings. The molecule has 2 unspecified atom stereocenters. The van der Waals surface area contributed by atoms with Gasteiger partial charge < -0.3 is 5.32 Å². The second-order valence-electron chi connectivity index (χ2n) is 4.90. The molecule has 1 N–H and O–H groups in total. The van der Waals surface area contributed by atoms with Crippen molar-refractivity contribution in [1.29, 1.82) is 0 Å². The molecular weight excluding hydrogens is 182 g/mol. The van der Waals surface area contributed by atoms with Crippen LogP contribution in [0.2, 0.25) is 0 Å². The zero-order chi connectivity index (χ0) is 12.0. The fourth-order valence-electron chi connectivity index (χ4n) is 1.82. The Morgan fingerprint density at radius 1 is 1.20 bits per heavy atom. The Bertz CT molecular complexity index is 215. The van der Waals surface area contributed by atoms with Crippen LogP contribution in [0.3, 0.4) is 0 Å². The summed E-state index contributed by atoms with van der Waals surface area (Å²) in [5, 5.41) is 3.42. The largest absolute Gasteiger partial charge is 0.386 e. The molecule has 0 aliphatic rings. The van der Waals surface area contributed by atoms with E-state index in [2.05, 4.69) is 46.2 Å². The summed E-state index contributed by atoms with van der Waals surface area (Å²) < 4.78 is 0. The number of hydrogen-bond acceptors (Lipinski definition) is 1. The molecule has 0 bridgehead atoms. The van der Waals surface area contributed by atoms with Gasteiger partial charge in [0.2, 0.25) is 0 Å². The van der Waals surface area contributed by atoms with Crippen molar-refractivity contribution in [2.45, 2.75) is 53.5 Å². The Labute approximate surface area is 95.7 Å².